The number of rotatable bonds is 7. The standard InChI is InChI=1S/C21H26N2O/c1-22-20(24)13-14-23(2)16-19-15-21(19,17-9-5-3-6-10-17)18-11-7-4-8-12-18/h3-12,19H,13-16H2,1-2H3,(H,22,24)/t19-/m0/s1. The number of hydrogen-bond donors (Lipinski definition) is 1. The highest BCUT2D eigenvalue weighted by Crippen LogP contribution is 2.58. The zero-order valence-corrected chi connectivity index (χ0v) is 14.5. The maximum absolute atomic E-state index is 11.5. The molecule has 126 valence electrons. The molecule has 0 unspecified atom stereocenters. The highest BCUT2D eigenvalue weighted by atomic mass is 16.1. The van der Waals surface area contributed by atoms with Gasteiger partial charge in [0.25, 0.3) is 0 Å². The normalized spacial score (nSPS) is 18.4. The molecule has 0 heterocycles. The summed E-state index contributed by atoms with van der Waals surface area (Å²) in [5, 5.41) is 2.69. The quantitative estimate of drug-likeness (QED) is 0.850. The number of benzene rings is 2. The molecule has 1 amide bonds. The van der Waals surface area contributed by atoms with Gasteiger partial charge in [-0.25, -0.2) is 0 Å². The van der Waals surface area contributed by atoms with Gasteiger partial charge in [-0.05, 0) is 30.5 Å². The van der Waals surface area contributed by atoms with E-state index in [4.69, 9.17) is 0 Å². The van der Waals surface area contributed by atoms with Crippen LogP contribution in [0.3, 0.4) is 0 Å². The molecule has 2 aromatic rings. The molecule has 0 spiro atoms. The van der Waals surface area contributed by atoms with E-state index in [-0.39, 0.29) is 11.3 Å². The zero-order chi connectivity index (χ0) is 17.0. The van der Waals surface area contributed by atoms with Gasteiger partial charge in [-0.3, -0.25) is 4.79 Å². The maximum atomic E-state index is 11.5. The Morgan fingerprint density at radius 2 is 1.62 bits per heavy atom. The lowest BCUT2D eigenvalue weighted by molar-refractivity contribution is -0.120. The Bertz CT molecular complexity index is 629. The number of nitrogens with zero attached hydrogens (tertiary/aromatic N) is 1. The van der Waals surface area contributed by atoms with Gasteiger partial charge in [0.05, 0.1) is 0 Å². The van der Waals surface area contributed by atoms with E-state index < -0.39 is 0 Å². The first-order chi connectivity index (χ1) is 11.7. The van der Waals surface area contributed by atoms with Gasteiger partial charge in [-0.1, -0.05) is 60.7 Å². The number of hydrogen-bond acceptors (Lipinski definition) is 2. The molecule has 3 nitrogen and oxygen atoms in total. The van der Waals surface area contributed by atoms with Gasteiger partial charge < -0.3 is 10.2 Å². The second kappa shape index (κ2) is 7.18. The SMILES string of the molecule is CNC(=O)CCN(C)C[C@@H]1CC1(c1ccccc1)c1ccccc1. The lowest BCUT2D eigenvalue weighted by Gasteiger charge is -2.22. The van der Waals surface area contributed by atoms with Gasteiger partial charge >= 0.3 is 0 Å². The second-order valence-electron chi connectivity index (χ2n) is 6.79. The van der Waals surface area contributed by atoms with Crippen molar-refractivity contribution in [3.63, 3.8) is 0 Å². The smallest absolute Gasteiger partial charge is 0.221 e. The lowest BCUT2D eigenvalue weighted by atomic mass is 9.85. The summed E-state index contributed by atoms with van der Waals surface area (Å²) in [6, 6.07) is 21.7. The van der Waals surface area contributed by atoms with E-state index in [0.29, 0.717) is 12.3 Å². The Kier molecular flexibility index (Phi) is 5.00. The molecule has 3 heteroatoms. The molecule has 3 rings (SSSR count). The third kappa shape index (κ3) is 3.36. The summed E-state index contributed by atoms with van der Waals surface area (Å²) < 4.78 is 0. The molecule has 1 N–H and O–H groups in total. The summed E-state index contributed by atoms with van der Waals surface area (Å²) in [7, 11) is 3.81. The van der Waals surface area contributed by atoms with E-state index in [0.717, 1.165) is 13.1 Å². The fourth-order valence-corrected chi connectivity index (χ4v) is 3.78. The molecule has 1 aliphatic carbocycles. The van der Waals surface area contributed by atoms with Gasteiger partial charge in [-0.15, -0.1) is 0 Å². The van der Waals surface area contributed by atoms with Crippen LogP contribution in [0.2, 0.25) is 0 Å². The molecule has 1 atom stereocenters. The van der Waals surface area contributed by atoms with Crippen molar-refractivity contribution in [1.29, 1.82) is 0 Å². The average Bonchev–Trinajstić information content (AvgIpc) is 3.36. The second-order valence-corrected chi connectivity index (χ2v) is 6.79. The van der Waals surface area contributed by atoms with E-state index in [9.17, 15) is 4.79 Å². The number of nitrogens with one attached hydrogen (secondary N) is 1. The van der Waals surface area contributed by atoms with Crippen LogP contribution in [-0.4, -0.2) is 38.0 Å². The van der Waals surface area contributed by atoms with Crippen molar-refractivity contribution in [1.82, 2.24) is 10.2 Å². The van der Waals surface area contributed by atoms with Crippen LogP contribution < -0.4 is 5.32 Å². The predicted molar refractivity (Wildman–Crippen MR) is 98.0 cm³/mol. The van der Waals surface area contributed by atoms with Crippen LogP contribution in [0.15, 0.2) is 60.7 Å². The van der Waals surface area contributed by atoms with Crippen LogP contribution >= 0.6 is 0 Å². The Hall–Kier alpha value is -2.13. The first-order valence-electron chi connectivity index (χ1n) is 8.67. The van der Waals surface area contributed by atoms with Crippen LogP contribution in [0.25, 0.3) is 0 Å². The maximum Gasteiger partial charge on any atom is 0.221 e. The van der Waals surface area contributed by atoms with Crippen molar-refractivity contribution in [2.45, 2.75) is 18.3 Å². The topological polar surface area (TPSA) is 32.3 Å². The van der Waals surface area contributed by atoms with Gasteiger partial charge in [0, 0.05) is 32.0 Å². The number of carbonyl (C=O) groups is 1. The van der Waals surface area contributed by atoms with Crippen LogP contribution in [-0.2, 0) is 10.2 Å². The molecule has 0 saturated heterocycles. The van der Waals surface area contributed by atoms with E-state index in [1.54, 1.807) is 7.05 Å². The Labute approximate surface area is 144 Å². The Morgan fingerprint density at radius 1 is 1.08 bits per heavy atom. The van der Waals surface area contributed by atoms with E-state index in [1.165, 1.54) is 17.5 Å². The van der Waals surface area contributed by atoms with E-state index >= 15 is 0 Å². The fourth-order valence-electron chi connectivity index (χ4n) is 3.78. The average molecular weight is 322 g/mol. The molecular formula is C21H26N2O. The summed E-state index contributed by atoms with van der Waals surface area (Å²) >= 11 is 0. The molecule has 24 heavy (non-hydrogen) atoms. The molecular weight excluding hydrogens is 296 g/mol. The first kappa shape index (κ1) is 16.7. The highest BCUT2D eigenvalue weighted by molar-refractivity contribution is 5.75. The number of carbonyl (C=O) groups excluding carboxylic acids is 1. The highest BCUT2D eigenvalue weighted by Gasteiger charge is 2.56. The van der Waals surface area contributed by atoms with Gasteiger partial charge in [0.15, 0.2) is 0 Å². The van der Waals surface area contributed by atoms with Crippen LogP contribution in [0, 0.1) is 5.92 Å². The molecule has 0 aromatic heterocycles. The van der Waals surface area contributed by atoms with Crippen molar-refractivity contribution in [3.05, 3.63) is 71.8 Å². The zero-order valence-electron chi connectivity index (χ0n) is 14.5. The Balaban J connectivity index is 1.74. The number of amides is 1. The van der Waals surface area contributed by atoms with Gasteiger partial charge in [0.1, 0.15) is 0 Å². The molecule has 0 aliphatic heterocycles. The largest absolute Gasteiger partial charge is 0.359 e. The summed E-state index contributed by atoms with van der Waals surface area (Å²) in [6.07, 6.45) is 1.73. The Morgan fingerprint density at radius 3 is 2.12 bits per heavy atom. The minimum Gasteiger partial charge on any atom is -0.359 e. The summed E-state index contributed by atoms with van der Waals surface area (Å²) in [5.41, 5.74) is 2.94. The van der Waals surface area contributed by atoms with Crippen LogP contribution in [0.5, 0.6) is 0 Å². The molecule has 1 fully saturated rings. The molecule has 0 bridgehead atoms. The molecule has 2 aromatic carbocycles. The third-order valence-corrected chi connectivity index (χ3v) is 5.21. The van der Waals surface area contributed by atoms with Crippen molar-refractivity contribution >= 4 is 5.91 Å². The minimum absolute atomic E-state index is 0.107. The monoisotopic (exact) mass is 322 g/mol. The molecule has 1 aliphatic rings. The fraction of sp³-hybridized carbons (Fsp3) is 0.381. The summed E-state index contributed by atoms with van der Waals surface area (Å²) in [5.74, 6) is 0.701. The van der Waals surface area contributed by atoms with Crippen LogP contribution in [0.1, 0.15) is 24.0 Å². The predicted octanol–water partition coefficient (Wildman–Crippen LogP) is 3.06. The lowest BCUT2D eigenvalue weighted by Crippen LogP contribution is -2.29. The summed E-state index contributed by atoms with van der Waals surface area (Å²) in [4.78, 5) is 13.7. The van der Waals surface area contributed by atoms with E-state index in [1.807, 2.05) is 0 Å². The molecule has 0 radical (unpaired) electrons. The molecule has 1 saturated carbocycles. The third-order valence-electron chi connectivity index (χ3n) is 5.21. The van der Waals surface area contributed by atoms with Crippen molar-refractivity contribution < 1.29 is 4.79 Å². The first-order valence-corrected chi connectivity index (χ1v) is 8.67. The van der Waals surface area contributed by atoms with Crippen molar-refractivity contribution in [2.24, 2.45) is 5.92 Å². The minimum atomic E-state index is 0.107. The van der Waals surface area contributed by atoms with Gasteiger partial charge in [-0.2, -0.15) is 0 Å². The van der Waals surface area contributed by atoms with Crippen molar-refractivity contribution in [2.75, 3.05) is 27.2 Å². The van der Waals surface area contributed by atoms with Gasteiger partial charge in [0.2, 0.25) is 5.91 Å². The summed E-state index contributed by atoms with van der Waals surface area (Å²) in [6.45, 7) is 1.82. The van der Waals surface area contributed by atoms with Crippen LogP contribution in [0.4, 0.5) is 0 Å². The van der Waals surface area contributed by atoms with Crippen molar-refractivity contribution in [3.8, 4) is 0 Å². The van der Waals surface area contributed by atoms with E-state index in [2.05, 4.69) is 77.9 Å².